The summed E-state index contributed by atoms with van der Waals surface area (Å²) in [6.07, 6.45) is 1.49. The van der Waals surface area contributed by atoms with Crippen molar-refractivity contribution in [2.45, 2.75) is 46.6 Å². The van der Waals surface area contributed by atoms with Crippen LogP contribution in [0.15, 0.2) is 52.6 Å². The lowest BCUT2D eigenvalue weighted by molar-refractivity contribution is 0.131. The van der Waals surface area contributed by atoms with Gasteiger partial charge >= 0.3 is 0 Å². The molecule has 1 aromatic carbocycles. The Balaban J connectivity index is 2.04. The maximum absolute atomic E-state index is 10.5. The van der Waals surface area contributed by atoms with Gasteiger partial charge in [-0.15, -0.1) is 0 Å². The molecule has 0 heterocycles. The standard InChI is InChI=1S/C18H24O/c1-12-13(2)15(4)18(14(12)3)17(19)11-10-16-8-6-5-7-9-16/h5-9,17-19H,10-11H2,1-4H3. The van der Waals surface area contributed by atoms with E-state index in [9.17, 15) is 5.11 Å². The average Bonchev–Trinajstić information content (AvgIpc) is 2.62. The SMILES string of the molecule is CC1=C(C)C(C(O)CCc2ccccc2)C(C)=C1C. The van der Waals surface area contributed by atoms with Crippen LogP contribution >= 0.6 is 0 Å². The topological polar surface area (TPSA) is 20.2 Å². The van der Waals surface area contributed by atoms with E-state index in [0.29, 0.717) is 0 Å². The Hall–Kier alpha value is -1.34. The smallest absolute Gasteiger partial charge is 0.0646 e. The third-order valence-electron chi connectivity index (χ3n) is 4.63. The van der Waals surface area contributed by atoms with Crippen molar-refractivity contribution >= 4 is 0 Å². The van der Waals surface area contributed by atoms with Crippen molar-refractivity contribution in [2.75, 3.05) is 0 Å². The van der Waals surface area contributed by atoms with Crippen LogP contribution in [0.1, 0.15) is 39.7 Å². The molecule has 0 radical (unpaired) electrons. The van der Waals surface area contributed by atoms with Gasteiger partial charge in [0, 0.05) is 5.92 Å². The lowest BCUT2D eigenvalue weighted by Crippen LogP contribution is -2.22. The molecule has 0 amide bonds. The zero-order valence-electron chi connectivity index (χ0n) is 12.4. The highest BCUT2D eigenvalue weighted by Crippen LogP contribution is 2.39. The first-order chi connectivity index (χ1) is 9.02. The Morgan fingerprint density at radius 1 is 0.947 bits per heavy atom. The minimum Gasteiger partial charge on any atom is -0.392 e. The van der Waals surface area contributed by atoms with Crippen molar-refractivity contribution in [3.63, 3.8) is 0 Å². The molecule has 1 aliphatic carbocycles. The molecule has 0 fully saturated rings. The van der Waals surface area contributed by atoms with Crippen LogP contribution in [0.2, 0.25) is 0 Å². The van der Waals surface area contributed by atoms with Crippen LogP contribution in [0, 0.1) is 5.92 Å². The lowest BCUT2D eigenvalue weighted by atomic mass is 9.88. The van der Waals surface area contributed by atoms with Gasteiger partial charge in [0.25, 0.3) is 0 Å². The monoisotopic (exact) mass is 256 g/mol. The van der Waals surface area contributed by atoms with Gasteiger partial charge < -0.3 is 5.11 Å². The summed E-state index contributed by atoms with van der Waals surface area (Å²) >= 11 is 0. The summed E-state index contributed by atoms with van der Waals surface area (Å²) in [5, 5.41) is 10.5. The molecule has 2 rings (SSSR count). The lowest BCUT2D eigenvalue weighted by Gasteiger charge is -2.22. The molecule has 1 unspecified atom stereocenters. The Bertz CT molecular complexity index is 484. The molecule has 1 atom stereocenters. The maximum atomic E-state index is 10.5. The summed E-state index contributed by atoms with van der Waals surface area (Å²) in [4.78, 5) is 0. The van der Waals surface area contributed by atoms with E-state index in [2.05, 4.69) is 52.0 Å². The summed E-state index contributed by atoms with van der Waals surface area (Å²) in [7, 11) is 0. The number of rotatable bonds is 4. The zero-order valence-corrected chi connectivity index (χ0v) is 12.4. The summed E-state index contributed by atoms with van der Waals surface area (Å²) in [5.74, 6) is 0.226. The van der Waals surface area contributed by atoms with E-state index < -0.39 is 0 Å². The first kappa shape index (κ1) is 14.1. The summed E-state index contributed by atoms with van der Waals surface area (Å²) in [6, 6.07) is 10.4. The highest BCUT2D eigenvalue weighted by atomic mass is 16.3. The molecule has 1 aliphatic rings. The zero-order chi connectivity index (χ0) is 14.0. The molecule has 1 nitrogen and oxygen atoms in total. The Kier molecular flexibility index (Phi) is 4.26. The fraction of sp³-hybridized carbons (Fsp3) is 0.444. The van der Waals surface area contributed by atoms with E-state index >= 15 is 0 Å². The van der Waals surface area contributed by atoms with Crippen LogP contribution in [-0.2, 0) is 6.42 Å². The van der Waals surface area contributed by atoms with Gasteiger partial charge in [-0.1, -0.05) is 41.5 Å². The summed E-state index contributed by atoms with van der Waals surface area (Å²) < 4.78 is 0. The largest absolute Gasteiger partial charge is 0.392 e. The molecular formula is C18H24O. The predicted molar refractivity (Wildman–Crippen MR) is 81.0 cm³/mol. The van der Waals surface area contributed by atoms with Crippen molar-refractivity contribution in [2.24, 2.45) is 5.92 Å². The molecule has 1 N–H and O–H groups in total. The second-order valence-electron chi connectivity index (χ2n) is 5.69. The number of benzene rings is 1. The fourth-order valence-electron chi connectivity index (χ4n) is 3.09. The number of aliphatic hydroxyl groups is 1. The minimum absolute atomic E-state index is 0.226. The van der Waals surface area contributed by atoms with Crippen molar-refractivity contribution in [3.05, 3.63) is 58.2 Å². The van der Waals surface area contributed by atoms with Gasteiger partial charge in [-0.3, -0.25) is 0 Å². The molecule has 0 saturated heterocycles. The highest BCUT2D eigenvalue weighted by molar-refractivity contribution is 5.46. The molecule has 0 aromatic heterocycles. The first-order valence-electron chi connectivity index (χ1n) is 7.09. The van der Waals surface area contributed by atoms with Gasteiger partial charge in [0.15, 0.2) is 0 Å². The third kappa shape index (κ3) is 2.82. The molecular weight excluding hydrogens is 232 g/mol. The van der Waals surface area contributed by atoms with E-state index in [4.69, 9.17) is 0 Å². The second kappa shape index (κ2) is 5.75. The maximum Gasteiger partial charge on any atom is 0.0646 e. The quantitative estimate of drug-likeness (QED) is 0.852. The Labute approximate surface area is 116 Å². The first-order valence-corrected chi connectivity index (χ1v) is 7.09. The fourth-order valence-corrected chi connectivity index (χ4v) is 3.09. The second-order valence-corrected chi connectivity index (χ2v) is 5.69. The highest BCUT2D eigenvalue weighted by Gasteiger charge is 2.29. The van der Waals surface area contributed by atoms with Crippen LogP contribution in [0.5, 0.6) is 0 Å². The van der Waals surface area contributed by atoms with E-state index in [-0.39, 0.29) is 12.0 Å². The van der Waals surface area contributed by atoms with E-state index in [1.54, 1.807) is 0 Å². The van der Waals surface area contributed by atoms with Gasteiger partial charge in [0.05, 0.1) is 6.10 Å². The van der Waals surface area contributed by atoms with Crippen molar-refractivity contribution in [1.29, 1.82) is 0 Å². The number of aliphatic hydroxyl groups excluding tert-OH is 1. The minimum atomic E-state index is -0.271. The van der Waals surface area contributed by atoms with Gasteiger partial charge in [-0.2, -0.15) is 0 Å². The van der Waals surface area contributed by atoms with Crippen molar-refractivity contribution in [1.82, 2.24) is 0 Å². The molecule has 0 bridgehead atoms. The molecule has 1 heteroatoms. The molecule has 0 saturated carbocycles. The predicted octanol–water partition coefficient (Wildman–Crippen LogP) is 4.28. The molecule has 19 heavy (non-hydrogen) atoms. The van der Waals surface area contributed by atoms with Crippen molar-refractivity contribution in [3.8, 4) is 0 Å². The van der Waals surface area contributed by atoms with Gasteiger partial charge in [-0.25, -0.2) is 0 Å². The average molecular weight is 256 g/mol. The number of aryl methyl sites for hydroxylation is 1. The van der Waals surface area contributed by atoms with Gasteiger partial charge in [0.2, 0.25) is 0 Å². The van der Waals surface area contributed by atoms with Crippen LogP contribution in [0.4, 0.5) is 0 Å². The number of hydrogen-bond donors (Lipinski definition) is 1. The number of allylic oxidation sites excluding steroid dienone is 2. The molecule has 0 spiro atoms. The number of hydrogen-bond acceptors (Lipinski definition) is 1. The van der Waals surface area contributed by atoms with E-state index in [1.165, 1.54) is 27.9 Å². The molecule has 102 valence electrons. The molecule has 1 aromatic rings. The van der Waals surface area contributed by atoms with E-state index in [1.807, 2.05) is 6.07 Å². The summed E-state index contributed by atoms with van der Waals surface area (Å²) in [6.45, 7) is 8.65. The summed E-state index contributed by atoms with van der Waals surface area (Å²) in [5.41, 5.74) is 6.71. The van der Waals surface area contributed by atoms with Crippen LogP contribution in [-0.4, -0.2) is 11.2 Å². The van der Waals surface area contributed by atoms with Crippen LogP contribution < -0.4 is 0 Å². The van der Waals surface area contributed by atoms with Crippen molar-refractivity contribution < 1.29 is 5.11 Å². The normalized spacial score (nSPS) is 18.4. The Morgan fingerprint density at radius 2 is 1.47 bits per heavy atom. The van der Waals surface area contributed by atoms with Gasteiger partial charge in [0.1, 0.15) is 0 Å². The van der Waals surface area contributed by atoms with Crippen LogP contribution in [0.25, 0.3) is 0 Å². The molecule has 0 aliphatic heterocycles. The van der Waals surface area contributed by atoms with E-state index in [0.717, 1.165) is 12.8 Å². The third-order valence-corrected chi connectivity index (χ3v) is 4.63. The Morgan fingerprint density at radius 3 is 2.00 bits per heavy atom. The van der Waals surface area contributed by atoms with Gasteiger partial charge in [-0.05, 0) is 57.2 Å². The van der Waals surface area contributed by atoms with Crippen LogP contribution in [0.3, 0.4) is 0 Å².